The first-order valence-electron chi connectivity index (χ1n) is 6.61. The van der Waals surface area contributed by atoms with Crippen LogP contribution in [0.4, 0.5) is 11.6 Å². The van der Waals surface area contributed by atoms with Crippen molar-refractivity contribution in [2.75, 3.05) is 11.1 Å². The van der Waals surface area contributed by atoms with E-state index in [1.807, 2.05) is 13.0 Å². The van der Waals surface area contributed by atoms with Gasteiger partial charge < -0.3 is 11.1 Å². The largest absolute Gasteiger partial charge is 0.384 e. The summed E-state index contributed by atoms with van der Waals surface area (Å²) < 4.78 is 0. The third kappa shape index (κ3) is 3.95. The van der Waals surface area contributed by atoms with Crippen LogP contribution < -0.4 is 11.1 Å². The number of benzene rings is 1. The Morgan fingerprint density at radius 1 is 1.21 bits per heavy atom. The molecule has 0 spiro atoms. The van der Waals surface area contributed by atoms with E-state index in [1.165, 1.54) is 5.56 Å². The van der Waals surface area contributed by atoms with E-state index in [2.05, 4.69) is 46.5 Å². The van der Waals surface area contributed by atoms with Gasteiger partial charge >= 0.3 is 0 Å². The fourth-order valence-corrected chi connectivity index (χ4v) is 2.02. The van der Waals surface area contributed by atoms with Gasteiger partial charge in [0.1, 0.15) is 17.5 Å². The first-order chi connectivity index (χ1) is 9.17. The van der Waals surface area contributed by atoms with Crippen LogP contribution in [0.15, 0.2) is 36.4 Å². The molecule has 0 aliphatic heterocycles. The molecule has 0 bridgehead atoms. The highest BCUT2D eigenvalue weighted by molar-refractivity contribution is 5.45. The Morgan fingerprint density at radius 3 is 2.63 bits per heavy atom. The van der Waals surface area contributed by atoms with E-state index in [9.17, 15) is 0 Å². The second kappa shape index (κ2) is 6.18. The summed E-state index contributed by atoms with van der Waals surface area (Å²) in [7, 11) is 0. The highest BCUT2D eigenvalue weighted by Crippen LogP contribution is 2.12. The number of aromatic nitrogens is 2. The van der Waals surface area contributed by atoms with Crippen molar-refractivity contribution in [3.63, 3.8) is 0 Å². The van der Waals surface area contributed by atoms with Crippen molar-refractivity contribution >= 4 is 11.6 Å². The molecule has 2 aromatic rings. The van der Waals surface area contributed by atoms with Gasteiger partial charge in [-0.2, -0.15) is 0 Å². The van der Waals surface area contributed by atoms with Crippen LogP contribution in [0.25, 0.3) is 0 Å². The molecule has 0 radical (unpaired) electrons. The van der Waals surface area contributed by atoms with Gasteiger partial charge in [-0.1, -0.05) is 37.3 Å². The van der Waals surface area contributed by atoms with E-state index in [4.69, 9.17) is 5.73 Å². The predicted octanol–water partition coefficient (Wildman–Crippen LogP) is 2.66. The molecule has 19 heavy (non-hydrogen) atoms. The Balaban J connectivity index is 2.02. The minimum absolute atomic E-state index is 0.293. The lowest BCUT2D eigenvalue weighted by atomic mass is 10.1. The van der Waals surface area contributed by atoms with Crippen LogP contribution in [-0.4, -0.2) is 16.0 Å². The molecule has 0 aliphatic carbocycles. The molecule has 1 aromatic carbocycles. The number of rotatable bonds is 5. The Kier molecular flexibility index (Phi) is 4.34. The Bertz CT molecular complexity index is 525. The zero-order valence-corrected chi connectivity index (χ0v) is 11.4. The molecule has 0 saturated heterocycles. The van der Waals surface area contributed by atoms with Gasteiger partial charge in [-0.25, -0.2) is 9.97 Å². The summed E-state index contributed by atoms with van der Waals surface area (Å²) in [6, 6.07) is 12.5. The van der Waals surface area contributed by atoms with Crippen molar-refractivity contribution in [3.8, 4) is 0 Å². The molecule has 1 atom stereocenters. The molecule has 1 heterocycles. The van der Waals surface area contributed by atoms with Crippen LogP contribution in [0, 0.1) is 0 Å². The van der Waals surface area contributed by atoms with Gasteiger partial charge in [0.2, 0.25) is 0 Å². The van der Waals surface area contributed by atoms with Gasteiger partial charge in [-0.3, -0.25) is 0 Å². The lowest BCUT2D eigenvalue weighted by molar-refractivity contribution is 0.780. The van der Waals surface area contributed by atoms with Gasteiger partial charge in [0, 0.05) is 18.5 Å². The van der Waals surface area contributed by atoms with Gasteiger partial charge in [0.05, 0.1) is 0 Å². The third-order valence-corrected chi connectivity index (χ3v) is 2.89. The minimum atomic E-state index is 0.293. The number of nitrogen functional groups attached to an aromatic ring is 1. The predicted molar refractivity (Wildman–Crippen MR) is 79.1 cm³/mol. The topological polar surface area (TPSA) is 63.8 Å². The van der Waals surface area contributed by atoms with Gasteiger partial charge in [-0.15, -0.1) is 0 Å². The lowest BCUT2D eigenvalue weighted by Crippen LogP contribution is -2.19. The summed E-state index contributed by atoms with van der Waals surface area (Å²) >= 11 is 0. The normalized spacial score (nSPS) is 12.1. The van der Waals surface area contributed by atoms with E-state index in [-0.39, 0.29) is 0 Å². The molecule has 3 N–H and O–H groups in total. The summed E-state index contributed by atoms with van der Waals surface area (Å²) in [4.78, 5) is 8.60. The number of nitrogens with one attached hydrogen (secondary N) is 1. The third-order valence-electron chi connectivity index (χ3n) is 2.89. The standard InChI is InChI=1S/C15H20N4/c1-3-14-18-13(16)10-15(19-14)17-11(2)9-12-7-5-4-6-8-12/h4-8,10-11H,3,9H2,1-2H3,(H3,16,17,18,19). The summed E-state index contributed by atoms with van der Waals surface area (Å²) in [5, 5.41) is 3.37. The zero-order chi connectivity index (χ0) is 13.7. The van der Waals surface area contributed by atoms with Gasteiger partial charge in [0.15, 0.2) is 0 Å². The summed E-state index contributed by atoms with van der Waals surface area (Å²) in [6.07, 6.45) is 1.74. The molecule has 0 saturated carbocycles. The molecule has 0 amide bonds. The average molecular weight is 256 g/mol. The Morgan fingerprint density at radius 2 is 1.95 bits per heavy atom. The molecule has 0 fully saturated rings. The van der Waals surface area contributed by atoms with E-state index in [0.717, 1.165) is 24.5 Å². The fraction of sp³-hybridized carbons (Fsp3) is 0.333. The Labute approximate surface area is 114 Å². The number of hydrogen-bond donors (Lipinski definition) is 2. The number of aryl methyl sites for hydroxylation is 1. The quantitative estimate of drug-likeness (QED) is 0.863. The number of nitrogens with two attached hydrogens (primary N) is 1. The maximum absolute atomic E-state index is 5.77. The van der Waals surface area contributed by atoms with E-state index in [1.54, 1.807) is 6.07 Å². The van der Waals surface area contributed by atoms with E-state index < -0.39 is 0 Å². The first kappa shape index (κ1) is 13.3. The second-order valence-corrected chi connectivity index (χ2v) is 4.68. The van der Waals surface area contributed by atoms with Crippen molar-refractivity contribution in [1.82, 2.24) is 9.97 Å². The fourth-order valence-electron chi connectivity index (χ4n) is 2.02. The molecule has 100 valence electrons. The van der Waals surface area contributed by atoms with E-state index in [0.29, 0.717) is 11.9 Å². The van der Waals surface area contributed by atoms with Crippen LogP contribution in [0.2, 0.25) is 0 Å². The van der Waals surface area contributed by atoms with Crippen LogP contribution in [0.3, 0.4) is 0 Å². The molecular weight excluding hydrogens is 236 g/mol. The van der Waals surface area contributed by atoms with Crippen molar-refractivity contribution in [3.05, 3.63) is 47.8 Å². The molecule has 4 heteroatoms. The smallest absolute Gasteiger partial charge is 0.132 e. The van der Waals surface area contributed by atoms with E-state index >= 15 is 0 Å². The summed E-state index contributed by atoms with van der Waals surface area (Å²) in [5.74, 6) is 2.09. The van der Waals surface area contributed by atoms with Crippen LogP contribution in [0.5, 0.6) is 0 Å². The summed E-state index contributed by atoms with van der Waals surface area (Å²) in [5.41, 5.74) is 7.08. The van der Waals surface area contributed by atoms with Crippen LogP contribution in [0.1, 0.15) is 25.2 Å². The van der Waals surface area contributed by atoms with Crippen molar-refractivity contribution in [1.29, 1.82) is 0 Å². The lowest BCUT2D eigenvalue weighted by Gasteiger charge is -2.15. The van der Waals surface area contributed by atoms with Crippen LogP contribution in [-0.2, 0) is 12.8 Å². The molecule has 1 unspecified atom stereocenters. The maximum Gasteiger partial charge on any atom is 0.132 e. The van der Waals surface area contributed by atoms with Gasteiger partial charge in [0.25, 0.3) is 0 Å². The minimum Gasteiger partial charge on any atom is -0.384 e. The maximum atomic E-state index is 5.77. The summed E-state index contributed by atoms with van der Waals surface area (Å²) in [6.45, 7) is 4.16. The molecule has 0 aliphatic rings. The number of anilines is 2. The molecular formula is C15H20N4. The highest BCUT2D eigenvalue weighted by atomic mass is 15.1. The highest BCUT2D eigenvalue weighted by Gasteiger charge is 2.06. The monoisotopic (exact) mass is 256 g/mol. The SMILES string of the molecule is CCc1nc(N)cc(NC(C)Cc2ccccc2)n1. The van der Waals surface area contributed by atoms with Gasteiger partial charge in [-0.05, 0) is 18.9 Å². The second-order valence-electron chi connectivity index (χ2n) is 4.68. The first-order valence-corrected chi connectivity index (χ1v) is 6.61. The number of hydrogen-bond acceptors (Lipinski definition) is 4. The average Bonchev–Trinajstić information content (AvgIpc) is 2.38. The molecule has 1 aromatic heterocycles. The van der Waals surface area contributed by atoms with Crippen LogP contribution >= 0.6 is 0 Å². The Hall–Kier alpha value is -2.10. The molecule has 4 nitrogen and oxygen atoms in total. The van der Waals surface area contributed by atoms with Crippen molar-refractivity contribution in [2.24, 2.45) is 0 Å². The molecule has 2 rings (SSSR count). The van der Waals surface area contributed by atoms with Crippen molar-refractivity contribution < 1.29 is 0 Å². The zero-order valence-electron chi connectivity index (χ0n) is 11.4. The van der Waals surface area contributed by atoms with Crippen molar-refractivity contribution in [2.45, 2.75) is 32.7 Å². The number of nitrogens with zero attached hydrogens (tertiary/aromatic N) is 2.